The van der Waals surface area contributed by atoms with Gasteiger partial charge in [-0.05, 0) is 32.1 Å². The number of aromatic nitrogens is 2. The minimum absolute atomic E-state index is 0.0492. The van der Waals surface area contributed by atoms with Gasteiger partial charge in [0, 0.05) is 19.2 Å². The van der Waals surface area contributed by atoms with Crippen LogP contribution in [0.1, 0.15) is 44.9 Å². The first-order valence-corrected chi connectivity index (χ1v) is 7.02. The molecule has 1 fully saturated rings. The average Bonchev–Trinajstić information content (AvgIpc) is 2.54. The van der Waals surface area contributed by atoms with E-state index in [2.05, 4.69) is 21.8 Å². The number of hydrogen-bond acceptors (Lipinski definition) is 3. The van der Waals surface area contributed by atoms with Crippen molar-refractivity contribution in [2.24, 2.45) is 5.92 Å². The summed E-state index contributed by atoms with van der Waals surface area (Å²) in [4.78, 5) is 20.9. The second-order valence-corrected chi connectivity index (χ2v) is 5.26. The number of H-pyrrole nitrogens is 1. The third-order valence-electron chi connectivity index (χ3n) is 3.72. The molecule has 1 N–H and O–H groups in total. The van der Waals surface area contributed by atoms with Crippen LogP contribution >= 0.6 is 0 Å². The van der Waals surface area contributed by atoms with Crippen molar-refractivity contribution in [1.82, 2.24) is 9.97 Å². The van der Waals surface area contributed by atoms with E-state index >= 15 is 0 Å². The van der Waals surface area contributed by atoms with Crippen molar-refractivity contribution in [3.8, 4) is 0 Å². The summed E-state index contributed by atoms with van der Waals surface area (Å²) in [6.45, 7) is 6.14. The Labute approximate surface area is 108 Å². The van der Waals surface area contributed by atoms with Crippen LogP contribution in [0.5, 0.6) is 0 Å². The first-order valence-electron chi connectivity index (χ1n) is 7.02. The third-order valence-corrected chi connectivity index (χ3v) is 3.72. The van der Waals surface area contributed by atoms with Crippen molar-refractivity contribution in [3.63, 3.8) is 0 Å². The molecule has 2 heterocycles. The van der Waals surface area contributed by atoms with Gasteiger partial charge in [0.1, 0.15) is 11.6 Å². The molecule has 1 aliphatic rings. The van der Waals surface area contributed by atoms with Crippen molar-refractivity contribution in [3.05, 3.63) is 22.2 Å². The molecule has 4 nitrogen and oxygen atoms in total. The van der Waals surface area contributed by atoms with Crippen LogP contribution < -0.4 is 10.5 Å². The SMILES string of the molecule is CCCC1CCCN(c2cc(=O)[nH]c(C)n2)CC1. The number of aryl methyl sites for hydroxylation is 1. The molecule has 0 aromatic carbocycles. The Morgan fingerprint density at radius 1 is 1.44 bits per heavy atom. The van der Waals surface area contributed by atoms with Gasteiger partial charge in [-0.2, -0.15) is 0 Å². The Hall–Kier alpha value is -1.32. The standard InChI is InChI=1S/C14H23N3O/c1-3-5-12-6-4-8-17(9-7-12)13-10-14(18)16-11(2)15-13/h10,12H,3-9H2,1-2H3,(H,15,16,18). The molecule has 1 aromatic rings. The molecule has 0 spiro atoms. The molecule has 0 saturated carbocycles. The van der Waals surface area contributed by atoms with E-state index in [1.54, 1.807) is 6.07 Å². The summed E-state index contributed by atoms with van der Waals surface area (Å²) in [5.74, 6) is 2.39. The van der Waals surface area contributed by atoms with Crippen LogP contribution in [0.25, 0.3) is 0 Å². The quantitative estimate of drug-likeness (QED) is 0.895. The number of nitrogens with zero attached hydrogens (tertiary/aromatic N) is 2. The van der Waals surface area contributed by atoms with Gasteiger partial charge in [-0.15, -0.1) is 0 Å². The topological polar surface area (TPSA) is 49.0 Å². The molecular weight excluding hydrogens is 226 g/mol. The minimum Gasteiger partial charge on any atom is -0.356 e. The lowest BCUT2D eigenvalue weighted by Gasteiger charge is -2.21. The monoisotopic (exact) mass is 249 g/mol. The molecule has 1 atom stereocenters. The number of hydrogen-bond donors (Lipinski definition) is 1. The summed E-state index contributed by atoms with van der Waals surface area (Å²) in [6.07, 6.45) is 6.34. The predicted molar refractivity (Wildman–Crippen MR) is 74.1 cm³/mol. The Morgan fingerprint density at radius 3 is 3.00 bits per heavy atom. The molecule has 0 bridgehead atoms. The summed E-state index contributed by atoms with van der Waals surface area (Å²) in [7, 11) is 0. The van der Waals surface area contributed by atoms with E-state index in [-0.39, 0.29) is 5.56 Å². The van der Waals surface area contributed by atoms with Gasteiger partial charge in [0.05, 0.1) is 0 Å². The zero-order chi connectivity index (χ0) is 13.0. The Morgan fingerprint density at radius 2 is 2.28 bits per heavy atom. The molecule has 1 unspecified atom stereocenters. The Kier molecular flexibility index (Phi) is 4.39. The van der Waals surface area contributed by atoms with E-state index in [4.69, 9.17) is 0 Å². The fourth-order valence-electron chi connectivity index (χ4n) is 2.82. The first-order chi connectivity index (χ1) is 8.69. The molecule has 18 heavy (non-hydrogen) atoms. The van der Waals surface area contributed by atoms with Gasteiger partial charge >= 0.3 is 0 Å². The highest BCUT2D eigenvalue weighted by Gasteiger charge is 2.17. The first kappa shape index (κ1) is 13.1. The maximum atomic E-state index is 11.5. The van der Waals surface area contributed by atoms with Crippen molar-refractivity contribution >= 4 is 5.82 Å². The molecule has 0 radical (unpaired) electrons. The number of anilines is 1. The second kappa shape index (κ2) is 6.03. The molecule has 1 aromatic heterocycles. The maximum Gasteiger partial charge on any atom is 0.252 e. The maximum absolute atomic E-state index is 11.5. The van der Waals surface area contributed by atoms with Crippen LogP contribution in [0, 0.1) is 12.8 Å². The van der Waals surface area contributed by atoms with Crippen molar-refractivity contribution < 1.29 is 0 Å². The average molecular weight is 249 g/mol. The van der Waals surface area contributed by atoms with Crippen molar-refractivity contribution in [1.29, 1.82) is 0 Å². The van der Waals surface area contributed by atoms with Gasteiger partial charge in [-0.3, -0.25) is 4.79 Å². The largest absolute Gasteiger partial charge is 0.356 e. The molecule has 1 saturated heterocycles. The molecule has 4 heteroatoms. The predicted octanol–water partition coefficient (Wildman–Crippen LogP) is 2.48. The molecule has 2 rings (SSSR count). The van der Waals surface area contributed by atoms with Crippen molar-refractivity contribution in [2.45, 2.75) is 46.0 Å². The lowest BCUT2D eigenvalue weighted by molar-refractivity contribution is 0.435. The van der Waals surface area contributed by atoms with Gasteiger partial charge in [0.2, 0.25) is 0 Å². The molecule has 1 aliphatic heterocycles. The summed E-state index contributed by atoms with van der Waals surface area (Å²) < 4.78 is 0. The highest BCUT2D eigenvalue weighted by Crippen LogP contribution is 2.23. The van der Waals surface area contributed by atoms with E-state index in [1.807, 2.05) is 6.92 Å². The van der Waals surface area contributed by atoms with Gasteiger partial charge in [-0.25, -0.2) is 4.98 Å². The Balaban J connectivity index is 2.07. The molecule has 0 aliphatic carbocycles. The highest BCUT2D eigenvalue weighted by molar-refractivity contribution is 5.37. The van der Waals surface area contributed by atoms with E-state index < -0.39 is 0 Å². The summed E-state index contributed by atoms with van der Waals surface area (Å²) in [5.41, 5.74) is -0.0492. The zero-order valence-electron chi connectivity index (χ0n) is 11.4. The van der Waals surface area contributed by atoms with E-state index in [0.29, 0.717) is 5.82 Å². The van der Waals surface area contributed by atoms with Gasteiger partial charge < -0.3 is 9.88 Å². The smallest absolute Gasteiger partial charge is 0.252 e. The number of rotatable bonds is 3. The van der Waals surface area contributed by atoms with Crippen LogP contribution in [-0.4, -0.2) is 23.1 Å². The van der Waals surface area contributed by atoms with Gasteiger partial charge in [-0.1, -0.05) is 19.8 Å². The summed E-state index contributed by atoms with van der Waals surface area (Å²) >= 11 is 0. The van der Waals surface area contributed by atoms with Gasteiger partial charge in [0.15, 0.2) is 0 Å². The van der Waals surface area contributed by atoms with E-state index in [9.17, 15) is 4.79 Å². The third kappa shape index (κ3) is 3.34. The van der Waals surface area contributed by atoms with Crippen molar-refractivity contribution in [2.75, 3.05) is 18.0 Å². The van der Waals surface area contributed by atoms with E-state index in [1.165, 1.54) is 32.1 Å². The zero-order valence-corrected chi connectivity index (χ0v) is 11.4. The van der Waals surface area contributed by atoms with Crippen LogP contribution in [0.2, 0.25) is 0 Å². The normalized spacial score (nSPS) is 20.8. The minimum atomic E-state index is -0.0492. The lowest BCUT2D eigenvalue weighted by Crippen LogP contribution is -2.27. The van der Waals surface area contributed by atoms with Crippen LogP contribution in [0.15, 0.2) is 10.9 Å². The fraction of sp³-hybridized carbons (Fsp3) is 0.714. The highest BCUT2D eigenvalue weighted by atomic mass is 16.1. The number of nitrogens with one attached hydrogen (secondary N) is 1. The van der Waals surface area contributed by atoms with E-state index in [0.717, 1.165) is 24.8 Å². The van der Waals surface area contributed by atoms with Crippen LogP contribution in [0.4, 0.5) is 5.82 Å². The summed E-state index contributed by atoms with van der Waals surface area (Å²) in [5, 5.41) is 0. The number of aromatic amines is 1. The molecule has 100 valence electrons. The van der Waals surface area contributed by atoms with Gasteiger partial charge in [0.25, 0.3) is 5.56 Å². The Bertz CT molecular complexity index is 441. The van der Waals surface area contributed by atoms with Crippen LogP contribution in [0.3, 0.4) is 0 Å². The molecule has 0 amide bonds. The van der Waals surface area contributed by atoms with Crippen LogP contribution in [-0.2, 0) is 0 Å². The molecular formula is C14H23N3O. The summed E-state index contributed by atoms with van der Waals surface area (Å²) in [6, 6.07) is 1.62. The lowest BCUT2D eigenvalue weighted by atomic mass is 9.96. The fourth-order valence-corrected chi connectivity index (χ4v) is 2.82. The second-order valence-electron chi connectivity index (χ2n) is 5.26.